The number of hydrogen-bond acceptors (Lipinski definition) is 3. The molecule has 2 aromatic rings. The molecular weight excluding hydrogens is 259 g/mol. The van der Waals surface area contributed by atoms with Gasteiger partial charge in [0.25, 0.3) is 0 Å². The first-order valence-electron chi connectivity index (χ1n) is 5.25. The second kappa shape index (κ2) is 4.72. The number of rotatable bonds is 2. The minimum absolute atomic E-state index is 0.108. The van der Waals surface area contributed by atoms with Crippen molar-refractivity contribution >= 4 is 5.78 Å². The van der Waals surface area contributed by atoms with E-state index in [1.807, 2.05) is 0 Å². The Morgan fingerprint density at radius 1 is 1.16 bits per heavy atom. The van der Waals surface area contributed by atoms with E-state index >= 15 is 0 Å². The molecule has 1 aromatic heterocycles. The van der Waals surface area contributed by atoms with Gasteiger partial charge in [0, 0.05) is 18.0 Å². The predicted octanol–water partition coefficient (Wildman–Crippen LogP) is 3.04. The minimum Gasteiger partial charge on any atom is -0.507 e. The maximum absolute atomic E-state index is 12.6. The summed E-state index contributed by atoms with van der Waals surface area (Å²) in [6.07, 6.45) is -2.06. The number of nitrogens with zero attached hydrogens (tertiary/aromatic N) is 1. The van der Waals surface area contributed by atoms with Gasteiger partial charge < -0.3 is 5.11 Å². The zero-order chi connectivity index (χ0) is 14.0. The maximum Gasteiger partial charge on any atom is 0.419 e. The number of ketones is 1. The van der Waals surface area contributed by atoms with E-state index in [0.29, 0.717) is 0 Å². The molecule has 0 fully saturated rings. The van der Waals surface area contributed by atoms with Gasteiger partial charge in [-0.05, 0) is 24.3 Å². The van der Waals surface area contributed by atoms with Gasteiger partial charge in [0.15, 0.2) is 5.78 Å². The smallest absolute Gasteiger partial charge is 0.419 e. The van der Waals surface area contributed by atoms with Crippen LogP contribution < -0.4 is 0 Å². The van der Waals surface area contributed by atoms with Crippen molar-refractivity contribution in [3.05, 3.63) is 59.4 Å². The molecule has 19 heavy (non-hydrogen) atoms. The molecule has 0 aliphatic rings. The zero-order valence-electron chi connectivity index (χ0n) is 9.48. The Bertz CT molecular complexity index is 609. The standard InChI is InChI=1S/C13H8F3NO2/c14-13(15,16)10-5-1-4-9(12(10)19)11(18)8-3-2-6-17-7-8/h1-7,19H. The first-order chi connectivity index (χ1) is 8.91. The maximum atomic E-state index is 12.6. The molecule has 0 spiro atoms. The van der Waals surface area contributed by atoms with Crippen LogP contribution in [0.1, 0.15) is 21.5 Å². The van der Waals surface area contributed by atoms with Crippen molar-refractivity contribution in [1.82, 2.24) is 4.98 Å². The average Bonchev–Trinajstić information content (AvgIpc) is 2.38. The summed E-state index contributed by atoms with van der Waals surface area (Å²) in [4.78, 5) is 15.7. The largest absolute Gasteiger partial charge is 0.507 e. The van der Waals surface area contributed by atoms with Crippen LogP contribution in [0.4, 0.5) is 13.2 Å². The van der Waals surface area contributed by atoms with E-state index in [2.05, 4.69) is 4.98 Å². The Morgan fingerprint density at radius 2 is 1.89 bits per heavy atom. The van der Waals surface area contributed by atoms with Crippen LogP contribution in [0, 0.1) is 0 Å². The fourth-order valence-electron chi connectivity index (χ4n) is 1.61. The number of halogens is 3. The SMILES string of the molecule is O=C(c1cccnc1)c1cccc(C(F)(F)F)c1O. The third-order valence-electron chi connectivity index (χ3n) is 2.51. The first kappa shape index (κ1) is 13.1. The van der Waals surface area contributed by atoms with E-state index in [1.165, 1.54) is 24.5 Å². The number of benzene rings is 1. The summed E-state index contributed by atoms with van der Waals surface area (Å²) >= 11 is 0. The van der Waals surface area contributed by atoms with E-state index < -0.39 is 28.8 Å². The molecule has 1 aromatic carbocycles. The lowest BCUT2D eigenvalue weighted by molar-refractivity contribution is -0.138. The van der Waals surface area contributed by atoms with Crippen molar-refractivity contribution in [3.8, 4) is 5.75 Å². The van der Waals surface area contributed by atoms with Crippen LogP contribution in [0.25, 0.3) is 0 Å². The Balaban J connectivity index is 2.50. The van der Waals surface area contributed by atoms with Crippen molar-refractivity contribution in [1.29, 1.82) is 0 Å². The molecule has 0 radical (unpaired) electrons. The number of phenols is 1. The van der Waals surface area contributed by atoms with Gasteiger partial charge >= 0.3 is 6.18 Å². The van der Waals surface area contributed by atoms with Crippen molar-refractivity contribution in [2.75, 3.05) is 0 Å². The van der Waals surface area contributed by atoms with Gasteiger partial charge in [0.05, 0.1) is 11.1 Å². The molecule has 0 aliphatic carbocycles. The highest BCUT2D eigenvalue weighted by Crippen LogP contribution is 2.37. The minimum atomic E-state index is -4.71. The van der Waals surface area contributed by atoms with Gasteiger partial charge in [-0.2, -0.15) is 13.2 Å². The molecular formula is C13H8F3NO2. The Morgan fingerprint density at radius 3 is 2.47 bits per heavy atom. The Kier molecular flexibility index (Phi) is 3.25. The Labute approximate surface area is 106 Å². The highest BCUT2D eigenvalue weighted by Gasteiger charge is 2.35. The zero-order valence-corrected chi connectivity index (χ0v) is 9.48. The molecule has 0 saturated heterocycles. The summed E-state index contributed by atoms with van der Waals surface area (Å²) in [5.41, 5.74) is -1.53. The number of para-hydroxylation sites is 1. The summed E-state index contributed by atoms with van der Waals surface area (Å²) in [7, 11) is 0. The van der Waals surface area contributed by atoms with E-state index in [-0.39, 0.29) is 5.56 Å². The lowest BCUT2D eigenvalue weighted by atomic mass is 10.0. The van der Waals surface area contributed by atoms with Crippen LogP contribution in [-0.4, -0.2) is 15.9 Å². The van der Waals surface area contributed by atoms with Crippen LogP contribution in [0.5, 0.6) is 5.75 Å². The number of aromatic hydroxyl groups is 1. The number of aromatic nitrogens is 1. The van der Waals surface area contributed by atoms with Crippen LogP contribution in [0.15, 0.2) is 42.7 Å². The summed E-state index contributed by atoms with van der Waals surface area (Å²) < 4.78 is 37.8. The molecule has 0 amide bonds. The summed E-state index contributed by atoms with van der Waals surface area (Å²) in [6.45, 7) is 0. The second-order valence-electron chi connectivity index (χ2n) is 3.77. The lowest BCUT2D eigenvalue weighted by Crippen LogP contribution is -2.09. The van der Waals surface area contributed by atoms with Gasteiger partial charge in [0.1, 0.15) is 5.75 Å². The van der Waals surface area contributed by atoms with Crippen LogP contribution >= 0.6 is 0 Å². The molecule has 0 unspecified atom stereocenters. The summed E-state index contributed by atoms with van der Waals surface area (Å²) in [5, 5.41) is 9.59. The summed E-state index contributed by atoms with van der Waals surface area (Å²) in [5.74, 6) is -1.78. The number of alkyl halides is 3. The highest BCUT2D eigenvalue weighted by atomic mass is 19.4. The van der Waals surface area contributed by atoms with E-state index in [9.17, 15) is 23.1 Å². The molecule has 0 bridgehead atoms. The van der Waals surface area contributed by atoms with Gasteiger partial charge in [0.2, 0.25) is 0 Å². The van der Waals surface area contributed by atoms with E-state index in [0.717, 1.165) is 18.2 Å². The van der Waals surface area contributed by atoms with Crippen LogP contribution in [-0.2, 0) is 6.18 Å². The van der Waals surface area contributed by atoms with Crippen molar-refractivity contribution in [2.24, 2.45) is 0 Å². The third-order valence-corrected chi connectivity index (χ3v) is 2.51. The highest BCUT2D eigenvalue weighted by molar-refractivity contribution is 6.10. The fourth-order valence-corrected chi connectivity index (χ4v) is 1.61. The van der Waals surface area contributed by atoms with Crippen molar-refractivity contribution in [3.63, 3.8) is 0 Å². The molecule has 2 rings (SSSR count). The molecule has 0 atom stereocenters. The number of carbonyl (C=O) groups is 1. The van der Waals surface area contributed by atoms with Crippen molar-refractivity contribution in [2.45, 2.75) is 6.18 Å². The topological polar surface area (TPSA) is 50.2 Å². The average molecular weight is 267 g/mol. The normalized spacial score (nSPS) is 11.3. The molecule has 0 aliphatic heterocycles. The van der Waals surface area contributed by atoms with Gasteiger partial charge in [-0.3, -0.25) is 9.78 Å². The quantitative estimate of drug-likeness (QED) is 0.851. The lowest BCUT2D eigenvalue weighted by Gasteiger charge is -2.11. The van der Waals surface area contributed by atoms with Gasteiger partial charge in [-0.25, -0.2) is 0 Å². The van der Waals surface area contributed by atoms with Crippen LogP contribution in [0.2, 0.25) is 0 Å². The number of hydrogen-bond donors (Lipinski definition) is 1. The molecule has 0 saturated carbocycles. The monoisotopic (exact) mass is 267 g/mol. The summed E-state index contributed by atoms with van der Waals surface area (Å²) in [6, 6.07) is 5.83. The van der Waals surface area contributed by atoms with Crippen molar-refractivity contribution < 1.29 is 23.1 Å². The number of pyridine rings is 1. The third kappa shape index (κ3) is 2.57. The molecule has 3 nitrogen and oxygen atoms in total. The van der Waals surface area contributed by atoms with E-state index in [4.69, 9.17) is 0 Å². The number of carbonyl (C=O) groups excluding carboxylic acids is 1. The first-order valence-corrected chi connectivity index (χ1v) is 5.25. The predicted molar refractivity (Wildman–Crippen MR) is 60.8 cm³/mol. The molecule has 1 N–H and O–H groups in total. The molecule has 6 heteroatoms. The van der Waals surface area contributed by atoms with Gasteiger partial charge in [-0.1, -0.05) is 6.07 Å². The Hall–Kier alpha value is -2.37. The van der Waals surface area contributed by atoms with Crippen LogP contribution in [0.3, 0.4) is 0 Å². The van der Waals surface area contributed by atoms with Gasteiger partial charge in [-0.15, -0.1) is 0 Å². The molecule has 1 heterocycles. The number of phenolic OH excluding ortho intramolecular Hbond substituents is 1. The van der Waals surface area contributed by atoms with E-state index in [1.54, 1.807) is 0 Å². The fraction of sp³-hybridized carbons (Fsp3) is 0.0769. The second-order valence-corrected chi connectivity index (χ2v) is 3.77. The molecule has 98 valence electrons.